The van der Waals surface area contributed by atoms with Crippen molar-refractivity contribution in [2.45, 2.75) is 13.2 Å². The van der Waals surface area contributed by atoms with Crippen LogP contribution in [0.4, 0.5) is 13.2 Å². The van der Waals surface area contributed by atoms with Gasteiger partial charge in [-0.2, -0.15) is 8.78 Å². The Bertz CT molecular complexity index is 879. The first-order valence-corrected chi connectivity index (χ1v) is 7.85. The van der Waals surface area contributed by atoms with Gasteiger partial charge < -0.3 is 10.1 Å². The number of amides is 1. The van der Waals surface area contributed by atoms with Crippen molar-refractivity contribution in [3.05, 3.63) is 64.8 Å². The number of hydrogen-bond acceptors (Lipinski definition) is 3. The summed E-state index contributed by atoms with van der Waals surface area (Å²) in [5.74, 6) is -0.781. The maximum Gasteiger partial charge on any atom is 0.387 e. The number of carbonyl (C=O) groups excluding carboxylic acids is 1. The van der Waals surface area contributed by atoms with E-state index in [1.54, 1.807) is 30.3 Å². The molecule has 0 saturated heterocycles. The van der Waals surface area contributed by atoms with Gasteiger partial charge in [0.2, 0.25) is 0 Å². The molecule has 0 bridgehead atoms. The predicted molar refractivity (Wildman–Crippen MR) is 86.0 cm³/mol. The number of fused-ring (bicyclic) bond motifs is 1. The van der Waals surface area contributed by atoms with E-state index in [1.807, 2.05) is 0 Å². The molecule has 0 aliphatic carbocycles. The number of carbonyl (C=O) groups is 1. The van der Waals surface area contributed by atoms with Crippen LogP contribution in [-0.2, 0) is 6.54 Å². The normalized spacial score (nSPS) is 11.0. The van der Waals surface area contributed by atoms with Gasteiger partial charge in [-0.05, 0) is 24.3 Å². The third-order valence-electron chi connectivity index (χ3n) is 3.36. The average Bonchev–Trinajstić information content (AvgIpc) is 2.99. The van der Waals surface area contributed by atoms with Crippen LogP contribution >= 0.6 is 11.3 Å². The van der Waals surface area contributed by atoms with Crippen LogP contribution in [0.15, 0.2) is 48.5 Å². The van der Waals surface area contributed by atoms with Gasteiger partial charge in [-0.25, -0.2) is 4.39 Å². The Morgan fingerprint density at radius 2 is 1.96 bits per heavy atom. The highest BCUT2D eigenvalue weighted by Crippen LogP contribution is 2.28. The molecule has 7 heteroatoms. The molecule has 1 aromatic heterocycles. The Labute approximate surface area is 139 Å². The van der Waals surface area contributed by atoms with Gasteiger partial charge in [0.1, 0.15) is 11.6 Å². The number of para-hydroxylation sites is 1. The maximum atomic E-state index is 13.7. The van der Waals surface area contributed by atoms with Crippen molar-refractivity contribution >= 4 is 27.3 Å². The quantitative estimate of drug-likeness (QED) is 0.731. The Kier molecular flexibility index (Phi) is 4.71. The minimum Gasteiger partial charge on any atom is -0.434 e. The number of rotatable bonds is 5. The lowest BCUT2D eigenvalue weighted by atomic mass is 10.2. The van der Waals surface area contributed by atoms with E-state index in [0.717, 1.165) is 0 Å². The number of hydrogen-bond donors (Lipinski definition) is 1. The molecule has 0 atom stereocenters. The predicted octanol–water partition coefficient (Wildman–Crippen LogP) is 4.57. The highest BCUT2D eigenvalue weighted by Gasteiger charge is 2.14. The Morgan fingerprint density at radius 3 is 2.71 bits per heavy atom. The first-order chi connectivity index (χ1) is 11.5. The molecule has 1 amide bonds. The number of thiophene rings is 1. The first-order valence-electron chi connectivity index (χ1n) is 7.03. The van der Waals surface area contributed by atoms with Crippen molar-refractivity contribution in [3.63, 3.8) is 0 Å². The van der Waals surface area contributed by atoms with Crippen molar-refractivity contribution < 1.29 is 22.7 Å². The Morgan fingerprint density at radius 1 is 1.17 bits per heavy atom. The summed E-state index contributed by atoms with van der Waals surface area (Å²) in [7, 11) is 0. The van der Waals surface area contributed by atoms with Crippen LogP contribution in [0.5, 0.6) is 5.75 Å². The molecule has 0 radical (unpaired) electrons. The van der Waals surface area contributed by atoms with Crippen molar-refractivity contribution in [1.82, 2.24) is 5.32 Å². The van der Waals surface area contributed by atoms with E-state index >= 15 is 0 Å². The fourth-order valence-electron chi connectivity index (χ4n) is 2.26. The smallest absolute Gasteiger partial charge is 0.387 e. The number of alkyl halides is 2. The molecular formula is C17H12F3NO2S. The summed E-state index contributed by atoms with van der Waals surface area (Å²) in [5, 5.41) is 3.02. The molecule has 0 fully saturated rings. The molecule has 3 rings (SSSR count). The van der Waals surface area contributed by atoms with E-state index in [9.17, 15) is 18.0 Å². The standard InChI is InChI=1S/C17H12F3NO2S/c18-12-5-3-7-14-11(12)8-15(24-14)16(22)21-9-10-4-1-2-6-13(10)23-17(19)20/h1-8,17H,9H2,(H,21,22). The third-order valence-corrected chi connectivity index (χ3v) is 4.46. The monoisotopic (exact) mass is 351 g/mol. The largest absolute Gasteiger partial charge is 0.434 e. The number of halogens is 3. The van der Waals surface area contributed by atoms with Gasteiger partial charge in [0, 0.05) is 22.2 Å². The molecule has 0 spiro atoms. The van der Waals surface area contributed by atoms with Crippen LogP contribution in [0.3, 0.4) is 0 Å². The van der Waals surface area contributed by atoms with E-state index in [4.69, 9.17) is 0 Å². The van der Waals surface area contributed by atoms with E-state index < -0.39 is 18.3 Å². The van der Waals surface area contributed by atoms with Crippen LogP contribution in [-0.4, -0.2) is 12.5 Å². The van der Waals surface area contributed by atoms with E-state index in [0.29, 0.717) is 20.5 Å². The van der Waals surface area contributed by atoms with Crippen LogP contribution in [0.1, 0.15) is 15.2 Å². The molecular weight excluding hydrogens is 339 g/mol. The molecule has 0 unspecified atom stereocenters. The van der Waals surface area contributed by atoms with Crippen molar-refractivity contribution in [2.24, 2.45) is 0 Å². The molecule has 0 saturated carbocycles. The van der Waals surface area contributed by atoms with E-state index in [2.05, 4.69) is 10.1 Å². The molecule has 1 heterocycles. The highest BCUT2D eigenvalue weighted by atomic mass is 32.1. The second-order valence-electron chi connectivity index (χ2n) is 4.93. The Balaban J connectivity index is 1.74. The SMILES string of the molecule is O=C(NCc1ccccc1OC(F)F)c1cc2c(F)cccc2s1. The third kappa shape index (κ3) is 3.51. The summed E-state index contributed by atoms with van der Waals surface area (Å²) in [6, 6.07) is 12.3. The lowest BCUT2D eigenvalue weighted by Gasteiger charge is -2.10. The summed E-state index contributed by atoms with van der Waals surface area (Å²) >= 11 is 1.17. The summed E-state index contributed by atoms with van der Waals surface area (Å²) in [4.78, 5) is 12.6. The Hall–Kier alpha value is -2.54. The van der Waals surface area contributed by atoms with E-state index in [1.165, 1.54) is 29.5 Å². The fraction of sp³-hybridized carbons (Fsp3) is 0.118. The zero-order chi connectivity index (χ0) is 17.1. The van der Waals surface area contributed by atoms with Gasteiger partial charge in [-0.15, -0.1) is 11.3 Å². The van der Waals surface area contributed by atoms with Crippen molar-refractivity contribution in [2.75, 3.05) is 0 Å². The van der Waals surface area contributed by atoms with E-state index in [-0.39, 0.29) is 12.3 Å². The van der Waals surface area contributed by atoms with Crippen LogP contribution in [0.25, 0.3) is 10.1 Å². The molecule has 3 nitrogen and oxygen atoms in total. The summed E-state index contributed by atoms with van der Waals surface area (Å²) in [5.41, 5.74) is 0.429. The molecule has 124 valence electrons. The summed E-state index contributed by atoms with van der Waals surface area (Å²) in [6.07, 6.45) is 0. The molecule has 3 aromatic rings. The molecule has 24 heavy (non-hydrogen) atoms. The lowest BCUT2D eigenvalue weighted by Crippen LogP contribution is -2.22. The average molecular weight is 351 g/mol. The van der Waals surface area contributed by atoms with Gasteiger partial charge in [0.25, 0.3) is 5.91 Å². The van der Waals surface area contributed by atoms with Gasteiger partial charge >= 0.3 is 6.61 Å². The summed E-state index contributed by atoms with van der Waals surface area (Å²) < 4.78 is 43.5. The second kappa shape index (κ2) is 6.92. The molecule has 0 aliphatic heterocycles. The van der Waals surface area contributed by atoms with Crippen molar-refractivity contribution in [1.29, 1.82) is 0 Å². The summed E-state index contributed by atoms with van der Waals surface area (Å²) in [6.45, 7) is -2.91. The van der Waals surface area contributed by atoms with Gasteiger partial charge in [-0.1, -0.05) is 24.3 Å². The highest BCUT2D eigenvalue weighted by molar-refractivity contribution is 7.20. The second-order valence-corrected chi connectivity index (χ2v) is 6.01. The molecule has 0 aliphatic rings. The number of nitrogens with one attached hydrogen (secondary N) is 1. The maximum absolute atomic E-state index is 13.7. The first kappa shape index (κ1) is 16.3. The van der Waals surface area contributed by atoms with Crippen LogP contribution in [0, 0.1) is 5.82 Å². The minimum absolute atomic E-state index is 0.00943. The van der Waals surface area contributed by atoms with Crippen molar-refractivity contribution in [3.8, 4) is 5.75 Å². The molecule has 1 N–H and O–H groups in total. The lowest BCUT2D eigenvalue weighted by molar-refractivity contribution is -0.0504. The van der Waals surface area contributed by atoms with Gasteiger partial charge in [0.15, 0.2) is 0 Å². The van der Waals surface area contributed by atoms with Gasteiger partial charge in [-0.3, -0.25) is 4.79 Å². The zero-order valence-corrected chi connectivity index (χ0v) is 13.1. The number of benzene rings is 2. The minimum atomic E-state index is -2.94. The number of ether oxygens (including phenoxy) is 1. The zero-order valence-electron chi connectivity index (χ0n) is 12.3. The molecule has 2 aromatic carbocycles. The van der Waals surface area contributed by atoms with Crippen LogP contribution < -0.4 is 10.1 Å². The van der Waals surface area contributed by atoms with Crippen LogP contribution in [0.2, 0.25) is 0 Å². The fourth-order valence-corrected chi connectivity index (χ4v) is 3.25. The van der Waals surface area contributed by atoms with Gasteiger partial charge in [0.05, 0.1) is 4.88 Å². The topological polar surface area (TPSA) is 38.3 Å².